The van der Waals surface area contributed by atoms with Gasteiger partial charge in [-0.25, -0.2) is 4.79 Å². The molecule has 0 atom stereocenters. The molecule has 0 aliphatic heterocycles. The van der Waals surface area contributed by atoms with E-state index < -0.39 is 12.6 Å². The molecular weight excluding hydrogens is 274 g/mol. The van der Waals surface area contributed by atoms with Crippen molar-refractivity contribution in [1.82, 2.24) is 15.5 Å². The number of carboxylic acids is 1. The number of carboxylic acid groups (broad SMARTS) is 1. The van der Waals surface area contributed by atoms with Crippen molar-refractivity contribution < 1.29 is 19.4 Å². The largest absolute Gasteiger partial charge is 0.480 e. The predicted octanol–water partition coefficient (Wildman–Crippen LogP) is 0.794. The van der Waals surface area contributed by atoms with Crippen molar-refractivity contribution in [2.45, 2.75) is 6.54 Å². The van der Waals surface area contributed by atoms with E-state index in [1.165, 1.54) is 0 Å². The lowest BCUT2D eigenvalue weighted by Crippen LogP contribution is -2.28. The molecule has 3 N–H and O–H groups in total. The number of aliphatic carboxylic acids is 1. The molecule has 7 nitrogen and oxygen atoms in total. The zero-order valence-electron chi connectivity index (χ0n) is 11.2. The smallest absolute Gasteiger partial charge is 0.329 e. The second-order valence-electron chi connectivity index (χ2n) is 4.33. The van der Waals surface area contributed by atoms with Crippen LogP contribution < -0.4 is 5.32 Å². The third-order valence-corrected chi connectivity index (χ3v) is 2.71. The molecule has 0 unspecified atom stereocenters. The Hall–Kier alpha value is -2.67. The number of aromatic amines is 1. The number of rotatable bonds is 7. The van der Waals surface area contributed by atoms with E-state index in [9.17, 15) is 9.59 Å². The number of hydrogen-bond donors (Lipinski definition) is 3. The first kappa shape index (κ1) is 14.7. The van der Waals surface area contributed by atoms with Gasteiger partial charge < -0.3 is 15.2 Å². The van der Waals surface area contributed by atoms with Crippen molar-refractivity contribution in [2.24, 2.45) is 0 Å². The minimum absolute atomic E-state index is 0.265. The second kappa shape index (κ2) is 7.20. The van der Waals surface area contributed by atoms with Crippen molar-refractivity contribution in [3.05, 3.63) is 42.1 Å². The molecule has 1 amide bonds. The summed E-state index contributed by atoms with van der Waals surface area (Å²) in [6.45, 7) is -0.386. The Bertz CT molecular complexity index is 593. The Morgan fingerprint density at radius 2 is 1.95 bits per heavy atom. The van der Waals surface area contributed by atoms with Crippen molar-refractivity contribution in [1.29, 1.82) is 0 Å². The number of H-pyrrole nitrogens is 1. The summed E-state index contributed by atoms with van der Waals surface area (Å²) < 4.78 is 4.69. The monoisotopic (exact) mass is 289 g/mol. The summed E-state index contributed by atoms with van der Waals surface area (Å²) >= 11 is 0. The maximum Gasteiger partial charge on any atom is 0.329 e. The van der Waals surface area contributed by atoms with Crippen LogP contribution in [0.15, 0.2) is 36.5 Å². The maximum absolute atomic E-state index is 11.4. The SMILES string of the molecule is O=C(O)COCC(=O)NCc1ccc(-c2ccn[nH]2)cc1. The van der Waals surface area contributed by atoms with Crippen LogP contribution in [0.1, 0.15) is 5.56 Å². The van der Waals surface area contributed by atoms with Gasteiger partial charge in [0.1, 0.15) is 13.2 Å². The quantitative estimate of drug-likeness (QED) is 0.699. The number of hydrogen-bond acceptors (Lipinski definition) is 4. The first-order valence-electron chi connectivity index (χ1n) is 6.30. The average Bonchev–Trinajstić information content (AvgIpc) is 2.99. The zero-order valence-corrected chi connectivity index (χ0v) is 11.2. The Labute approximate surface area is 120 Å². The Kier molecular flexibility index (Phi) is 5.05. The van der Waals surface area contributed by atoms with Crippen LogP contribution in [0.3, 0.4) is 0 Å². The van der Waals surface area contributed by atoms with Gasteiger partial charge in [0.15, 0.2) is 0 Å². The molecule has 1 aromatic carbocycles. The number of amides is 1. The highest BCUT2D eigenvalue weighted by Crippen LogP contribution is 2.16. The highest BCUT2D eigenvalue weighted by atomic mass is 16.5. The van der Waals surface area contributed by atoms with E-state index in [2.05, 4.69) is 15.5 Å². The normalized spacial score (nSPS) is 10.3. The summed E-state index contributed by atoms with van der Waals surface area (Å²) in [5.41, 5.74) is 2.87. The molecule has 1 heterocycles. The molecule has 0 spiro atoms. The number of benzene rings is 1. The fourth-order valence-electron chi connectivity index (χ4n) is 1.70. The molecule has 110 valence electrons. The number of carbonyl (C=O) groups is 2. The van der Waals surface area contributed by atoms with E-state index in [0.29, 0.717) is 6.54 Å². The second-order valence-corrected chi connectivity index (χ2v) is 4.33. The molecule has 21 heavy (non-hydrogen) atoms. The van der Waals surface area contributed by atoms with Gasteiger partial charge in [-0.1, -0.05) is 24.3 Å². The lowest BCUT2D eigenvalue weighted by Gasteiger charge is -2.06. The summed E-state index contributed by atoms with van der Waals surface area (Å²) in [5, 5.41) is 17.8. The number of aromatic nitrogens is 2. The van der Waals surface area contributed by atoms with Gasteiger partial charge in [0.2, 0.25) is 5.91 Å². The maximum atomic E-state index is 11.4. The molecule has 0 aliphatic rings. The van der Waals surface area contributed by atoms with E-state index in [1.807, 2.05) is 30.3 Å². The van der Waals surface area contributed by atoms with Crippen LogP contribution >= 0.6 is 0 Å². The van der Waals surface area contributed by atoms with Crippen LogP contribution in [-0.2, 0) is 20.9 Å². The first-order chi connectivity index (χ1) is 10.1. The van der Waals surface area contributed by atoms with Crippen LogP contribution in [0, 0.1) is 0 Å². The highest BCUT2D eigenvalue weighted by molar-refractivity contribution is 5.77. The molecule has 1 aromatic heterocycles. The summed E-state index contributed by atoms with van der Waals surface area (Å²) in [6.07, 6.45) is 1.68. The van der Waals surface area contributed by atoms with Gasteiger partial charge in [-0.05, 0) is 17.2 Å². The van der Waals surface area contributed by atoms with Crippen molar-refractivity contribution in [2.75, 3.05) is 13.2 Å². The van der Waals surface area contributed by atoms with E-state index in [1.54, 1.807) is 6.20 Å². The van der Waals surface area contributed by atoms with Gasteiger partial charge in [-0.2, -0.15) is 5.10 Å². The molecular formula is C14H15N3O4. The number of ether oxygens (including phenoxy) is 1. The third kappa shape index (κ3) is 4.73. The van der Waals surface area contributed by atoms with Gasteiger partial charge in [0.05, 0.1) is 5.69 Å². The molecule has 0 saturated heterocycles. The van der Waals surface area contributed by atoms with Gasteiger partial charge in [0.25, 0.3) is 0 Å². The van der Waals surface area contributed by atoms with Crippen molar-refractivity contribution in [3.63, 3.8) is 0 Å². The molecule has 0 radical (unpaired) electrons. The minimum Gasteiger partial charge on any atom is -0.480 e. The highest BCUT2D eigenvalue weighted by Gasteiger charge is 2.04. The molecule has 2 aromatic rings. The fourth-order valence-corrected chi connectivity index (χ4v) is 1.70. The van der Waals surface area contributed by atoms with Gasteiger partial charge in [-0.3, -0.25) is 9.89 Å². The summed E-state index contributed by atoms with van der Waals surface area (Å²) in [7, 11) is 0. The molecule has 0 bridgehead atoms. The molecule has 2 rings (SSSR count). The number of nitrogens with zero attached hydrogens (tertiary/aromatic N) is 1. The lowest BCUT2D eigenvalue weighted by atomic mass is 10.1. The topological polar surface area (TPSA) is 104 Å². The van der Waals surface area contributed by atoms with Crippen LogP contribution in [0.4, 0.5) is 0 Å². The van der Waals surface area contributed by atoms with Crippen LogP contribution in [-0.4, -0.2) is 40.4 Å². The molecule has 0 fully saturated rings. The van der Waals surface area contributed by atoms with Gasteiger partial charge >= 0.3 is 5.97 Å². The van der Waals surface area contributed by atoms with Crippen molar-refractivity contribution in [3.8, 4) is 11.3 Å². The van der Waals surface area contributed by atoms with Gasteiger partial charge in [-0.15, -0.1) is 0 Å². The fraction of sp³-hybridized carbons (Fsp3) is 0.214. The summed E-state index contributed by atoms with van der Waals surface area (Å²) in [6, 6.07) is 9.52. The third-order valence-electron chi connectivity index (χ3n) is 2.71. The Morgan fingerprint density at radius 3 is 2.57 bits per heavy atom. The van der Waals surface area contributed by atoms with E-state index in [0.717, 1.165) is 16.8 Å². The van der Waals surface area contributed by atoms with Crippen LogP contribution in [0.5, 0.6) is 0 Å². The van der Waals surface area contributed by atoms with Crippen LogP contribution in [0.25, 0.3) is 11.3 Å². The van der Waals surface area contributed by atoms with Crippen molar-refractivity contribution >= 4 is 11.9 Å². The lowest BCUT2D eigenvalue weighted by molar-refractivity contribution is -0.143. The number of carbonyl (C=O) groups excluding carboxylic acids is 1. The number of nitrogens with one attached hydrogen (secondary N) is 2. The van der Waals surface area contributed by atoms with Crippen LogP contribution in [0.2, 0.25) is 0 Å². The average molecular weight is 289 g/mol. The molecule has 7 heteroatoms. The zero-order chi connectivity index (χ0) is 15.1. The van der Waals surface area contributed by atoms with Gasteiger partial charge in [0, 0.05) is 12.7 Å². The van der Waals surface area contributed by atoms with E-state index >= 15 is 0 Å². The Balaban J connectivity index is 1.78. The molecule has 0 aliphatic carbocycles. The standard InChI is InChI=1S/C14H15N3O4/c18-13(8-21-9-14(19)20)15-7-10-1-3-11(4-2-10)12-5-6-16-17-12/h1-6H,7-9H2,(H,15,18)(H,16,17)(H,19,20). The summed E-state index contributed by atoms with van der Waals surface area (Å²) in [4.78, 5) is 21.6. The minimum atomic E-state index is -1.10. The predicted molar refractivity (Wildman–Crippen MR) is 74.3 cm³/mol. The van der Waals surface area contributed by atoms with E-state index in [-0.39, 0.29) is 12.5 Å². The summed E-state index contributed by atoms with van der Waals surface area (Å²) in [5.74, 6) is -1.45. The molecule has 0 saturated carbocycles. The first-order valence-corrected chi connectivity index (χ1v) is 6.30. The van der Waals surface area contributed by atoms with E-state index in [4.69, 9.17) is 9.84 Å². The Morgan fingerprint density at radius 1 is 1.19 bits per heavy atom.